The van der Waals surface area contributed by atoms with Crippen LogP contribution < -0.4 is 5.32 Å². The maximum absolute atomic E-state index is 12.8. The average molecular weight is 483 g/mol. The molecule has 0 saturated carbocycles. The van der Waals surface area contributed by atoms with Gasteiger partial charge in [0, 0.05) is 21.1 Å². The fourth-order valence-corrected chi connectivity index (χ4v) is 3.56. The minimum Gasteiger partial charge on any atom is -0.317 e. The Balaban J connectivity index is 1.60. The van der Waals surface area contributed by atoms with Crippen LogP contribution in [-0.4, -0.2) is 21.4 Å². The number of urea groups is 1. The topological polar surface area (TPSA) is 54.3 Å². The maximum atomic E-state index is 12.8. The number of aryl methyl sites for hydroxylation is 1. The first-order chi connectivity index (χ1) is 13.5. The molecule has 3 amide bonds. The number of hydrogen-bond acceptors (Lipinski definition) is 2. The zero-order valence-electron chi connectivity index (χ0n) is 15.2. The second-order valence-corrected chi connectivity index (χ2v) is 7.89. The molecule has 0 atom stereocenters. The fourth-order valence-electron chi connectivity index (χ4n) is 3.20. The fraction of sp³-hybridized carbons (Fsp3) is 0.0909. The zero-order chi connectivity index (χ0) is 19.7. The molecule has 2 aromatic carbocycles. The molecule has 2 heterocycles. The van der Waals surface area contributed by atoms with Crippen LogP contribution in [0.3, 0.4) is 0 Å². The molecule has 1 aromatic heterocycles. The summed E-state index contributed by atoms with van der Waals surface area (Å²) in [4.78, 5) is 26.4. The summed E-state index contributed by atoms with van der Waals surface area (Å²) in [7, 11) is 0. The summed E-state index contributed by atoms with van der Waals surface area (Å²) in [5.41, 5.74) is 4.11. The van der Waals surface area contributed by atoms with E-state index in [0.717, 1.165) is 26.1 Å². The van der Waals surface area contributed by atoms with E-state index in [0.29, 0.717) is 0 Å². The normalized spacial score (nSPS) is 15.4. The van der Waals surface area contributed by atoms with Crippen molar-refractivity contribution in [1.29, 1.82) is 0 Å². The van der Waals surface area contributed by atoms with Gasteiger partial charge in [-0.05, 0) is 77.6 Å². The number of amides is 3. The molecule has 4 rings (SSSR count). The second-order valence-electron chi connectivity index (χ2n) is 6.65. The number of carbonyl (C=O) groups excluding carboxylic acids is 2. The van der Waals surface area contributed by atoms with Crippen LogP contribution in [0.2, 0.25) is 0 Å². The van der Waals surface area contributed by atoms with Crippen molar-refractivity contribution in [2.75, 3.05) is 0 Å². The van der Waals surface area contributed by atoms with Crippen LogP contribution in [0.4, 0.5) is 4.79 Å². The summed E-state index contributed by atoms with van der Waals surface area (Å²) in [6.45, 7) is 2.24. The van der Waals surface area contributed by atoms with E-state index < -0.39 is 6.03 Å². The molecule has 5 nitrogen and oxygen atoms in total. The lowest BCUT2D eigenvalue weighted by Gasteiger charge is -2.12. The Morgan fingerprint density at radius 3 is 2.57 bits per heavy atom. The van der Waals surface area contributed by atoms with Crippen molar-refractivity contribution in [2.24, 2.45) is 0 Å². The molecule has 28 heavy (non-hydrogen) atoms. The predicted octanol–water partition coefficient (Wildman–Crippen LogP) is 4.48. The average Bonchev–Trinajstić information content (AvgIpc) is 3.23. The third kappa shape index (κ3) is 3.73. The largest absolute Gasteiger partial charge is 0.329 e. The molecule has 0 aliphatic carbocycles. The van der Waals surface area contributed by atoms with Gasteiger partial charge in [-0.1, -0.05) is 29.8 Å². The number of imide groups is 1. The van der Waals surface area contributed by atoms with Gasteiger partial charge in [-0.3, -0.25) is 9.69 Å². The molecule has 140 valence electrons. The lowest BCUT2D eigenvalue weighted by molar-refractivity contribution is -0.123. The Hall–Kier alpha value is -2.87. The number of halogens is 1. The Bertz CT molecular complexity index is 1080. The van der Waals surface area contributed by atoms with Crippen molar-refractivity contribution in [1.82, 2.24) is 14.8 Å². The molecule has 1 aliphatic heterocycles. The van der Waals surface area contributed by atoms with Crippen LogP contribution in [0.15, 0.2) is 72.6 Å². The van der Waals surface area contributed by atoms with Crippen LogP contribution in [0.5, 0.6) is 0 Å². The number of nitrogens with zero attached hydrogens (tertiary/aromatic N) is 2. The Labute approximate surface area is 176 Å². The first-order valence-electron chi connectivity index (χ1n) is 8.85. The van der Waals surface area contributed by atoms with Crippen LogP contribution in [0, 0.1) is 10.5 Å². The van der Waals surface area contributed by atoms with Crippen molar-refractivity contribution in [2.45, 2.75) is 13.5 Å². The van der Waals surface area contributed by atoms with E-state index in [1.807, 2.05) is 78.4 Å². The molecule has 0 radical (unpaired) electrons. The highest BCUT2D eigenvalue weighted by atomic mass is 127. The lowest BCUT2D eigenvalue weighted by Crippen LogP contribution is -2.30. The van der Waals surface area contributed by atoms with Crippen molar-refractivity contribution in [3.8, 4) is 5.69 Å². The van der Waals surface area contributed by atoms with Gasteiger partial charge in [0.05, 0.1) is 6.54 Å². The molecule has 0 bridgehead atoms. The quantitative estimate of drug-likeness (QED) is 0.338. The van der Waals surface area contributed by atoms with Gasteiger partial charge < -0.3 is 9.88 Å². The molecule has 1 saturated heterocycles. The highest BCUT2D eigenvalue weighted by molar-refractivity contribution is 14.1. The molecular formula is C22H18IN3O2. The van der Waals surface area contributed by atoms with Crippen molar-refractivity contribution in [3.63, 3.8) is 0 Å². The van der Waals surface area contributed by atoms with Crippen LogP contribution in [0.1, 0.15) is 16.8 Å². The summed E-state index contributed by atoms with van der Waals surface area (Å²) in [5.74, 6) is -0.318. The summed E-state index contributed by atoms with van der Waals surface area (Å²) in [6, 6.07) is 19.3. The lowest BCUT2D eigenvalue weighted by atomic mass is 10.1. The number of carbonyl (C=O) groups is 2. The van der Waals surface area contributed by atoms with Gasteiger partial charge in [0.15, 0.2) is 0 Å². The van der Waals surface area contributed by atoms with Crippen molar-refractivity contribution >= 4 is 40.6 Å². The van der Waals surface area contributed by atoms with Gasteiger partial charge in [0.25, 0.3) is 5.91 Å². The third-order valence-electron chi connectivity index (χ3n) is 4.56. The van der Waals surface area contributed by atoms with E-state index >= 15 is 0 Å². The molecule has 0 spiro atoms. The standard InChI is InChI=1S/C22H18IN3O2/c1-15-4-2-5-16(12-15)14-26-21(27)20(24-22(26)28)13-19-6-3-11-25(19)18-9-7-17(23)8-10-18/h2-13H,14H2,1H3,(H,24,28)/b20-13+. The predicted molar refractivity (Wildman–Crippen MR) is 117 cm³/mol. The highest BCUT2D eigenvalue weighted by Crippen LogP contribution is 2.20. The Kier molecular flexibility index (Phi) is 5.04. The molecule has 1 N–H and O–H groups in total. The van der Waals surface area contributed by atoms with Gasteiger partial charge in [0.1, 0.15) is 5.70 Å². The van der Waals surface area contributed by atoms with Crippen molar-refractivity contribution < 1.29 is 9.59 Å². The number of rotatable bonds is 4. The van der Waals surface area contributed by atoms with E-state index in [-0.39, 0.29) is 18.1 Å². The van der Waals surface area contributed by atoms with Crippen LogP contribution in [0.25, 0.3) is 11.8 Å². The Morgan fingerprint density at radius 2 is 1.82 bits per heavy atom. The molecular weight excluding hydrogens is 465 g/mol. The van der Waals surface area contributed by atoms with E-state index in [1.165, 1.54) is 4.90 Å². The smallest absolute Gasteiger partial charge is 0.317 e. The van der Waals surface area contributed by atoms with E-state index in [4.69, 9.17) is 0 Å². The molecule has 6 heteroatoms. The number of benzene rings is 2. The summed E-state index contributed by atoms with van der Waals surface area (Å²) < 4.78 is 3.13. The monoisotopic (exact) mass is 483 g/mol. The van der Waals surface area contributed by atoms with Gasteiger partial charge >= 0.3 is 6.03 Å². The SMILES string of the molecule is Cc1cccc(CN2C(=O)N/C(=C/c3cccn3-c3ccc(I)cc3)C2=O)c1. The zero-order valence-corrected chi connectivity index (χ0v) is 17.4. The van der Waals surface area contributed by atoms with Crippen LogP contribution >= 0.6 is 22.6 Å². The van der Waals surface area contributed by atoms with Crippen LogP contribution in [-0.2, 0) is 11.3 Å². The number of nitrogens with one attached hydrogen (secondary N) is 1. The van der Waals surface area contributed by atoms with Gasteiger partial charge in [-0.25, -0.2) is 4.79 Å². The van der Waals surface area contributed by atoms with E-state index in [9.17, 15) is 9.59 Å². The first kappa shape index (κ1) is 18.5. The summed E-state index contributed by atoms with van der Waals surface area (Å²) >= 11 is 2.26. The minimum absolute atomic E-state index is 0.252. The number of aromatic nitrogens is 1. The van der Waals surface area contributed by atoms with E-state index in [2.05, 4.69) is 27.9 Å². The first-order valence-corrected chi connectivity index (χ1v) is 9.92. The highest BCUT2D eigenvalue weighted by Gasteiger charge is 2.33. The second kappa shape index (κ2) is 7.63. The minimum atomic E-state index is -0.398. The molecule has 1 aliphatic rings. The van der Waals surface area contributed by atoms with Gasteiger partial charge in [-0.2, -0.15) is 0 Å². The van der Waals surface area contributed by atoms with Crippen molar-refractivity contribution in [3.05, 3.63) is 92.9 Å². The van der Waals surface area contributed by atoms with Gasteiger partial charge in [0.2, 0.25) is 0 Å². The summed E-state index contributed by atoms with van der Waals surface area (Å²) in [5, 5.41) is 2.70. The number of hydrogen-bond donors (Lipinski definition) is 1. The maximum Gasteiger partial charge on any atom is 0.329 e. The van der Waals surface area contributed by atoms with Gasteiger partial charge in [-0.15, -0.1) is 0 Å². The molecule has 3 aromatic rings. The Morgan fingerprint density at radius 1 is 1.04 bits per heavy atom. The summed E-state index contributed by atoms with van der Waals surface area (Å²) in [6.07, 6.45) is 3.65. The third-order valence-corrected chi connectivity index (χ3v) is 5.28. The molecule has 1 fully saturated rings. The van der Waals surface area contributed by atoms with E-state index in [1.54, 1.807) is 6.08 Å². The molecule has 0 unspecified atom stereocenters.